The Balaban J connectivity index is 1.50. The van der Waals surface area contributed by atoms with Gasteiger partial charge in [-0.3, -0.25) is 4.90 Å². The number of aryl methyl sites for hydroxylation is 1. The van der Waals surface area contributed by atoms with Crippen LogP contribution in [0.25, 0.3) is 0 Å². The highest BCUT2D eigenvalue weighted by atomic mass is 32.1. The largest absolute Gasteiger partial charge is 0.309 e. The van der Waals surface area contributed by atoms with Gasteiger partial charge in [0.25, 0.3) is 0 Å². The number of nitrogens with zero attached hydrogens (tertiary/aromatic N) is 2. The standard InChI is InChI=1S/C17H29N3S/c1-13-14(10-17(21-13)11-18-15-4-5-15)12-20-8-6-16(7-9-20)19(2)3/h10,15-16,18H,4-9,11-12H2,1-3H3. The molecule has 0 unspecified atom stereocenters. The zero-order valence-electron chi connectivity index (χ0n) is 13.7. The van der Waals surface area contributed by atoms with Gasteiger partial charge in [-0.05, 0) is 71.4 Å². The Morgan fingerprint density at radius 1 is 1.24 bits per heavy atom. The van der Waals surface area contributed by atoms with E-state index in [1.165, 1.54) is 48.5 Å². The van der Waals surface area contributed by atoms with Crippen molar-refractivity contribution in [2.24, 2.45) is 0 Å². The maximum Gasteiger partial charge on any atom is 0.0302 e. The lowest BCUT2D eigenvalue weighted by atomic mass is 10.0. The van der Waals surface area contributed by atoms with E-state index in [4.69, 9.17) is 0 Å². The van der Waals surface area contributed by atoms with Crippen LogP contribution < -0.4 is 5.32 Å². The molecule has 0 bridgehead atoms. The van der Waals surface area contributed by atoms with Gasteiger partial charge in [0.05, 0.1) is 0 Å². The van der Waals surface area contributed by atoms with Gasteiger partial charge in [0.2, 0.25) is 0 Å². The molecule has 1 saturated heterocycles. The third-order valence-electron chi connectivity index (χ3n) is 4.90. The van der Waals surface area contributed by atoms with Crippen molar-refractivity contribution in [1.82, 2.24) is 15.1 Å². The zero-order chi connectivity index (χ0) is 14.8. The number of hydrogen-bond donors (Lipinski definition) is 1. The summed E-state index contributed by atoms with van der Waals surface area (Å²) in [4.78, 5) is 8.04. The summed E-state index contributed by atoms with van der Waals surface area (Å²) in [6, 6.07) is 4.02. The first kappa shape index (κ1) is 15.5. The van der Waals surface area contributed by atoms with Crippen molar-refractivity contribution >= 4 is 11.3 Å². The minimum atomic E-state index is 0.781. The monoisotopic (exact) mass is 307 g/mol. The summed E-state index contributed by atoms with van der Waals surface area (Å²) in [5.41, 5.74) is 1.55. The van der Waals surface area contributed by atoms with E-state index in [0.717, 1.165) is 25.2 Å². The zero-order valence-corrected chi connectivity index (χ0v) is 14.5. The molecule has 1 aliphatic heterocycles. The molecule has 2 heterocycles. The molecule has 118 valence electrons. The predicted molar refractivity (Wildman–Crippen MR) is 90.9 cm³/mol. The van der Waals surface area contributed by atoms with Crippen LogP contribution >= 0.6 is 11.3 Å². The minimum Gasteiger partial charge on any atom is -0.309 e. The molecule has 1 N–H and O–H groups in total. The predicted octanol–water partition coefficient (Wildman–Crippen LogP) is 2.83. The lowest BCUT2D eigenvalue weighted by Crippen LogP contribution is -2.41. The molecule has 3 nitrogen and oxygen atoms in total. The van der Waals surface area contributed by atoms with Crippen LogP contribution in [0.5, 0.6) is 0 Å². The fraction of sp³-hybridized carbons (Fsp3) is 0.765. The molecule has 21 heavy (non-hydrogen) atoms. The summed E-state index contributed by atoms with van der Waals surface area (Å²) in [5.74, 6) is 0. The van der Waals surface area contributed by atoms with Crippen molar-refractivity contribution in [2.75, 3.05) is 27.2 Å². The first-order valence-corrected chi connectivity index (χ1v) is 9.14. The highest BCUT2D eigenvalue weighted by Crippen LogP contribution is 2.26. The third-order valence-corrected chi connectivity index (χ3v) is 5.99. The van der Waals surface area contributed by atoms with Crippen molar-refractivity contribution in [3.05, 3.63) is 21.4 Å². The van der Waals surface area contributed by atoms with E-state index in [0.29, 0.717) is 0 Å². The average molecular weight is 308 g/mol. The maximum absolute atomic E-state index is 3.63. The van der Waals surface area contributed by atoms with Crippen molar-refractivity contribution in [2.45, 2.75) is 57.8 Å². The molecule has 0 aromatic carbocycles. The molecule has 1 saturated carbocycles. The Morgan fingerprint density at radius 2 is 1.95 bits per heavy atom. The fourth-order valence-corrected chi connectivity index (χ4v) is 4.20. The summed E-state index contributed by atoms with van der Waals surface area (Å²) in [5, 5.41) is 3.63. The highest BCUT2D eigenvalue weighted by Gasteiger charge is 2.22. The van der Waals surface area contributed by atoms with Gasteiger partial charge in [-0.2, -0.15) is 0 Å². The highest BCUT2D eigenvalue weighted by molar-refractivity contribution is 7.12. The molecule has 1 aromatic rings. The molecular formula is C17H29N3S. The van der Waals surface area contributed by atoms with Gasteiger partial charge in [-0.15, -0.1) is 11.3 Å². The van der Waals surface area contributed by atoms with Gasteiger partial charge in [0.15, 0.2) is 0 Å². The minimum absolute atomic E-state index is 0.781. The third kappa shape index (κ3) is 4.28. The van der Waals surface area contributed by atoms with Crippen LogP contribution in [0.4, 0.5) is 0 Å². The van der Waals surface area contributed by atoms with Gasteiger partial charge in [-0.1, -0.05) is 0 Å². The van der Waals surface area contributed by atoms with Crippen molar-refractivity contribution < 1.29 is 0 Å². The summed E-state index contributed by atoms with van der Waals surface area (Å²) in [6.45, 7) is 6.99. The molecule has 2 fully saturated rings. The van der Waals surface area contributed by atoms with Crippen LogP contribution in [-0.4, -0.2) is 49.1 Å². The Morgan fingerprint density at radius 3 is 2.57 bits per heavy atom. The van der Waals surface area contributed by atoms with Crippen LogP contribution in [0.1, 0.15) is 41.0 Å². The van der Waals surface area contributed by atoms with E-state index in [1.807, 2.05) is 11.3 Å². The molecule has 1 aliphatic carbocycles. The summed E-state index contributed by atoms with van der Waals surface area (Å²) in [7, 11) is 4.42. The Labute approximate surface area is 133 Å². The van der Waals surface area contributed by atoms with Crippen LogP contribution in [0.15, 0.2) is 6.07 Å². The topological polar surface area (TPSA) is 18.5 Å². The maximum atomic E-state index is 3.63. The molecule has 0 spiro atoms. The first-order valence-electron chi connectivity index (χ1n) is 8.32. The lowest BCUT2D eigenvalue weighted by molar-refractivity contribution is 0.140. The number of nitrogens with one attached hydrogen (secondary N) is 1. The Bertz CT molecular complexity index is 457. The molecule has 1 aromatic heterocycles. The van der Waals surface area contributed by atoms with E-state index in [9.17, 15) is 0 Å². The molecule has 3 rings (SSSR count). The molecule has 0 amide bonds. The molecular weight excluding hydrogens is 278 g/mol. The van der Waals surface area contributed by atoms with Gasteiger partial charge in [0.1, 0.15) is 0 Å². The van der Waals surface area contributed by atoms with Crippen molar-refractivity contribution in [3.8, 4) is 0 Å². The average Bonchev–Trinajstić information content (AvgIpc) is 3.23. The normalized spacial score (nSPS) is 21.3. The second-order valence-electron chi connectivity index (χ2n) is 6.92. The van der Waals surface area contributed by atoms with Crippen molar-refractivity contribution in [1.29, 1.82) is 0 Å². The second kappa shape index (κ2) is 6.78. The molecule has 0 radical (unpaired) electrons. The summed E-state index contributed by atoms with van der Waals surface area (Å²) in [6.07, 6.45) is 5.37. The molecule has 2 aliphatic rings. The SMILES string of the molecule is Cc1sc(CNC2CC2)cc1CN1CCC(N(C)C)CC1. The van der Waals surface area contributed by atoms with Crippen LogP contribution in [0.2, 0.25) is 0 Å². The van der Waals surface area contributed by atoms with E-state index < -0.39 is 0 Å². The summed E-state index contributed by atoms with van der Waals surface area (Å²) < 4.78 is 0. The smallest absolute Gasteiger partial charge is 0.0302 e. The fourth-order valence-electron chi connectivity index (χ4n) is 3.20. The second-order valence-corrected chi connectivity index (χ2v) is 8.26. The van der Waals surface area contributed by atoms with E-state index in [-0.39, 0.29) is 0 Å². The van der Waals surface area contributed by atoms with Gasteiger partial charge >= 0.3 is 0 Å². The Hall–Kier alpha value is -0.420. The Kier molecular flexibility index (Phi) is 4.99. The van der Waals surface area contributed by atoms with Crippen molar-refractivity contribution in [3.63, 3.8) is 0 Å². The van der Waals surface area contributed by atoms with Crippen LogP contribution in [-0.2, 0) is 13.1 Å². The lowest BCUT2D eigenvalue weighted by Gasteiger charge is -2.35. The molecule has 4 heteroatoms. The van der Waals surface area contributed by atoms with E-state index >= 15 is 0 Å². The van der Waals surface area contributed by atoms with Crippen LogP contribution in [0.3, 0.4) is 0 Å². The first-order chi connectivity index (χ1) is 10.1. The van der Waals surface area contributed by atoms with Gasteiger partial charge < -0.3 is 10.2 Å². The number of hydrogen-bond acceptors (Lipinski definition) is 4. The summed E-state index contributed by atoms with van der Waals surface area (Å²) >= 11 is 1.98. The number of likely N-dealkylation sites (tertiary alicyclic amines) is 1. The number of piperidine rings is 1. The van der Waals surface area contributed by atoms with Gasteiger partial charge in [0, 0.05) is 34.9 Å². The van der Waals surface area contributed by atoms with Crippen LogP contribution in [0, 0.1) is 6.92 Å². The molecule has 0 atom stereocenters. The van der Waals surface area contributed by atoms with E-state index in [1.54, 1.807) is 5.56 Å². The number of rotatable bonds is 6. The van der Waals surface area contributed by atoms with Gasteiger partial charge in [-0.25, -0.2) is 0 Å². The number of thiophene rings is 1. The van der Waals surface area contributed by atoms with E-state index in [2.05, 4.69) is 42.2 Å². The quantitative estimate of drug-likeness (QED) is 0.872.